The van der Waals surface area contributed by atoms with Gasteiger partial charge in [0.2, 0.25) is 0 Å². The molecule has 156 valence electrons. The number of carbonyl (C=O) groups is 1. The highest BCUT2D eigenvalue weighted by Gasteiger charge is 2.24. The van der Waals surface area contributed by atoms with Crippen molar-refractivity contribution in [1.82, 2.24) is 5.32 Å². The molecule has 31 heavy (non-hydrogen) atoms. The molecular formula is C24H18Cl2N2O2S. The third-order valence-electron chi connectivity index (χ3n) is 4.61. The number of halogens is 2. The number of rotatable bonds is 5. The van der Waals surface area contributed by atoms with Crippen molar-refractivity contribution in [3.05, 3.63) is 98.4 Å². The number of nitrogens with one attached hydrogen (secondary N) is 1. The molecule has 0 saturated carbocycles. The third-order valence-corrected chi connectivity index (χ3v) is 6.18. The van der Waals surface area contributed by atoms with Crippen LogP contribution in [0.1, 0.15) is 16.7 Å². The molecule has 0 spiro atoms. The number of amidine groups is 1. The molecule has 0 aromatic heterocycles. The van der Waals surface area contributed by atoms with Crippen molar-refractivity contribution >= 4 is 57.8 Å². The summed E-state index contributed by atoms with van der Waals surface area (Å²) in [5.74, 6) is 0.575. The summed E-state index contributed by atoms with van der Waals surface area (Å²) in [4.78, 5) is 17.4. The van der Waals surface area contributed by atoms with Crippen LogP contribution in [-0.2, 0) is 11.4 Å². The van der Waals surface area contributed by atoms with E-state index in [1.165, 1.54) is 11.8 Å². The highest BCUT2D eigenvalue weighted by Crippen LogP contribution is 2.31. The Labute approximate surface area is 194 Å². The van der Waals surface area contributed by atoms with E-state index in [9.17, 15) is 4.79 Å². The summed E-state index contributed by atoms with van der Waals surface area (Å²) in [7, 11) is 0. The first-order valence-corrected chi connectivity index (χ1v) is 11.1. The zero-order valence-electron chi connectivity index (χ0n) is 16.6. The highest BCUT2D eigenvalue weighted by molar-refractivity contribution is 8.18. The number of amides is 1. The Morgan fingerprint density at radius 1 is 1.03 bits per heavy atom. The maximum atomic E-state index is 12.3. The maximum Gasteiger partial charge on any atom is 0.264 e. The van der Waals surface area contributed by atoms with Gasteiger partial charge in [-0.2, -0.15) is 0 Å². The number of thioether (sulfide) groups is 1. The van der Waals surface area contributed by atoms with Gasteiger partial charge in [0.1, 0.15) is 12.4 Å². The number of benzene rings is 3. The van der Waals surface area contributed by atoms with E-state index in [-0.39, 0.29) is 5.91 Å². The third kappa shape index (κ3) is 5.50. The summed E-state index contributed by atoms with van der Waals surface area (Å²) >= 11 is 13.4. The molecule has 1 amide bonds. The van der Waals surface area contributed by atoms with Crippen molar-refractivity contribution in [2.24, 2.45) is 4.99 Å². The minimum Gasteiger partial charge on any atom is -0.489 e. The predicted octanol–water partition coefficient (Wildman–Crippen LogP) is 6.77. The summed E-state index contributed by atoms with van der Waals surface area (Å²) in [6.07, 6.45) is 1.83. The van der Waals surface area contributed by atoms with Crippen LogP contribution in [0.2, 0.25) is 10.0 Å². The van der Waals surface area contributed by atoms with Crippen LogP contribution in [0.3, 0.4) is 0 Å². The van der Waals surface area contributed by atoms with E-state index in [1.807, 2.05) is 79.7 Å². The predicted molar refractivity (Wildman–Crippen MR) is 129 cm³/mol. The van der Waals surface area contributed by atoms with Crippen LogP contribution in [0.15, 0.2) is 76.6 Å². The number of aliphatic imine (C=N–C) groups is 1. The number of carbonyl (C=O) groups excluding carboxylic acids is 1. The average Bonchev–Trinajstić information content (AvgIpc) is 3.10. The Morgan fingerprint density at radius 3 is 2.52 bits per heavy atom. The van der Waals surface area contributed by atoms with Crippen LogP contribution in [0.4, 0.5) is 5.69 Å². The number of hydrogen-bond donors (Lipinski definition) is 1. The summed E-state index contributed by atoms with van der Waals surface area (Å²) < 4.78 is 5.80. The lowest BCUT2D eigenvalue weighted by atomic mass is 10.2. The largest absolute Gasteiger partial charge is 0.489 e. The minimum atomic E-state index is -0.175. The van der Waals surface area contributed by atoms with E-state index >= 15 is 0 Å². The lowest BCUT2D eigenvalue weighted by molar-refractivity contribution is -0.115. The standard InChI is InChI=1S/C24H18Cl2N2O2S/c1-15-20(26)3-2-4-21(15)27-24-28-23(29)22(31-24)13-16-7-11-19(12-8-16)30-14-17-5-9-18(25)10-6-17/h2-13H,14H2,1H3,(H,27,28,29)/b22-13+. The number of nitrogens with zero attached hydrogens (tertiary/aromatic N) is 1. The van der Waals surface area contributed by atoms with E-state index in [0.29, 0.717) is 26.7 Å². The molecule has 0 atom stereocenters. The van der Waals surface area contributed by atoms with Crippen LogP contribution in [0.25, 0.3) is 6.08 Å². The van der Waals surface area contributed by atoms with Crippen molar-refractivity contribution < 1.29 is 9.53 Å². The molecule has 0 bridgehead atoms. The van der Waals surface area contributed by atoms with E-state index < -0.39 is 0 Å². The Hall–Kier alpha value is -2.73. The number of hydrogen-bond acceptors (Lipinski definition) is 4. The first-order valence-electron chi connectivity index (χ1n) is 9.50. The van der Waals surface area contributed by atoms with Gasteiger partial charge in [-0.3, -0.25) is 4.79 Å². The Bertz CT molecular complexity index is 1170. The zero-order chi connectivity index (χ0) is 21.8. The average molecular weight is 469 g/mol. The van der Waals surface area contributed by atoms with Gasteiger partial charge in [-0.25, -0.2) is 4.99 Å². The summed E-state index contributed by atoms with van der Waals surface area (Å²) in [5.41, 5.74) is 3.55. The molecule has 1 aliphatic rings. The Balaban J connectivity index is 1.42. The van der Waals surface area contributed by atoms with Gasteiger partial charge in [-0.1, -0.05) is 53.5 Å². The Kier molecular flexibility index (Phi) is 6.66. The summed E-state index contributed by atoms with van der Waals surface area (Å²) in [6, 6.07) is 20.6. The monoisotopic (exact) mass is 468 g/mol. The number of ether oxygens (including phenoxy) is 1. The second kappa shape index (κ2) is 9.60. The molecule has 0 unspecified atom stereocenters. The van der Waals surface area contributed by atoms with Gasteiger partial charge in [0.15, 0.2) is 5.17 Å². The van der Waals surface area contributed by atoms with E-state index in [4.69, 9.17) is 27.9 Å². The van der Waals surface area contributed by atoms with Crippen molar-refractivity contribution in [2.45, 2.75) is 13.5 Å². The molecule has 0 aliphatic carbocycles. The Morgan fingerprint density at radius 2 is 1.77 bits per heavy atom. The van der Waals surface area contributed by atoms with Gasteiger partial charge < -0.3 is 10.1 Å². The lowest BCUT2D eigenvalue weighted by Crippen LogP contribution is -2.19. The van der Waals surface area contributed by atoms with Gasteiger partial charge in [-0.05, 0) is 77.9 Å². The first-order chi connectivity index (χ1) is 15.0. The van der Waals surface area contributed by atoms with Crippen LogP contribution < -0.4 is 10.1 Å². The highest BCUT2D eigenvalue weighted by atomic mass is 35.5. The molecule has 1 N–H and O–H groups in total. The molecule has 4 nitrogen and oxygen atoms in total. The van der Waals surface area contributed by atoms with Crippen molar-refractivity contribution in [3.8, 4) is 5.75 Å². The van der Waals surface area contributed by atoms with Gasteiger partial charge >= 0.3 is 0 Å². The van der Waals surface area contributed by atoms with Crippen LogP contribution in [0.5, 0.6) is 5.75 Å². The molecule has 3 aromatic carbocycles. The van der Waals surface area contributed by atoms with Crippen molar-refractivity contribution in [3.63, 3.8) is 0 Å². The van der Waals surface area contributed by atoms with Gasteiger partial charge in [0, 0.05) is 10.0 Å². The molecule has 1 aliphatic heterocycles. The maximum absolute atomic E-state index is 12.3. The van der Waals surface area contributed by atoms with Gasteiger partial charge in [0.25, 0.3) is 5.91 Å². The topological polar surface area (TPSA) is 50.7 Å². The molecular weight excluding hydrogens is 451 g/mol. The molecule has 3 aromatic rings. The molecule has 1 heterocycles. The first kappa shape index (κ1) is 21.5. The van der Waals surface area contributed by atoms with E-state index in [1.54, 1.807) is 0 Å². The van der Waals surface area contributed by atoms with Crippen LogP contribution in [0, 0.1) is 6.92 Å². The lowest BCUT2D eigenvalue weighted by Gasteiger charge is -2.06. The SMILES string of the molecule is Cc1c(Cl)cccc1N=C1NC(=O)/C(=C\c2ccc(OCc3ccc(Cl)cc3)cc2)S1. The molecule has 1 saturated heterocycles. The van der Waals surface area contributed by atoms with Crippen LogP contribution in [-0.4, -0.2) is 11.1 Å². The van der Waals surface area contributed by atoms with E-state index in [0.717, 1.165) is 28.1 Å². The normalized spacial score (nSPS) is 16.0. The quantitative estimate of drug-likeness (QED) is 0.420. The smallest absolute Gasteiger partial charge is 0.264 e. The van der Waals surface area contributed by atoms with Crippen LogP contribution >= 0.6 is 35.0 Å². The second-order valence-corrected chi connectivity index (χ2v) is 8.72. The fraction of sp³-hybridized carbons (Fsp3) is 0.0833. The van der Waals surface area contributed by atoms with Crippen molar-refractivity contribution in [1.29, 1.82) is 0 Å². The summed E-state index contributed by atoms with van der Waals surface area (Å²) in [6.45, 7) is 2.36. The minimum absolute atomic E-state index is 0.175. The molecule has 7 heteroatoms. The zero-order valence-corrected chi connectivity index (χ0v) is 18.9. The summed E-state index contributed by atoms with van der Waals surface area (Å²) in [5, 5.41) is 4.68. The molecule has 0 radical (unpaired) electrons. The van der Waals surface area contributed by atoms with Gasteiger partial charge in [0.05, 0.1) is 10.6 Å². The fourth-order valence-electron chi connectivity index (χ4n) is 2.87. The van der Waals surface area contributed by atoms with E-state index in [2.05, 4.69) is 10.3 Å². The fourth-order valence-corrected chi connectivity index (χ4v) is 4.00. The second-order valence-electron chi connectivity index (χ2n) is 6.85. The van der Waals surface area contributed by atoms with Crippen molar-refractivity contribution in [2.75, 3.05) is 0 Å². The molecule has 4 rings (SSSR count). The van der Waals surface area contributed by atoms with Gasteiger partial charge in [-0.15, -0.1) is 0 Å². The molecule has 1 fully saturated rings.